The topological polar surface area (TPSA) is 68.5 Å². The predicted octanol–water partition coefficient (Wildman–Crippen LogP) is 3.63. The molecule has 0 saturated carbocycles. The number of carbonyl (C=O) groups is 1. The number of aromatic nitrogens is 2. The zero-order valence-electron chi connectivity index (χ0n) is 15.2. The molecule has 1 aromatic carbocycles. The minimum atomic E-state index is -0.559. The average molecular weight is 343 g/mol. The molecule has 1 aliphatic rings. The van der Waals surface area contributed by atoms with Gasteiger partial charge in [0.2, 0.25) is 5.89 Å². The van der Waals surface area contributed by atoms with E-state index in [0.29, 0.717) is 24.2 Å². The fraction of sp³-hybridized carbons (Fsp3) is 0.526. The monoisotopic (exact) mass is 343 g/mol. The zero-order chi connectivity index (χ0) is 18.0. The van der Waals surface area contributed by atoms with Crippen molar-refractivity contribution in [1.29, 1.82) is 0 Å². The number of benzene rings is 1. The summed E-state index contributed by atoms with van der Waals surface area (Å²) in [5.41, 5.74) is 1.19. The van der Waals surface area contributed by atoms with E-state index in [-0.39, 0.29) is 11.9 Å². The van der Waals surface area contributed by atoms with Crippen LogP contribution in [0, 0.1) is 6.92 Å². The van der Waals surface area contributed by atoms with E-state index < -0.39 is 6.10 Å². The number of hydrogen-bond donors (Lipinski definition) is 0. The van der Waals surface area contributed by atoms with E-state index in [0.717, 1.165) is 18.6 Å². The summed E-state index contributed by atoms with van der Waals surface area (Å²) >= 11 is 0. The van der Waals surface area contributed by atoms with E-state index in [1.165, 1.54) is 5.56 Å². The molecule has 1 amide bonds. The zero-order valence-corrected chi connectivity index (χ0v) is 15.2. The van der Waals surface area contributed by atoms with Gasteiger partial charge in [0.15, 0.2) is 11.9 Å². The Morgan fingerprint density at radius 2 is 2.16 bits per heavy atom. The first-order chi connectivity index (χ1) is 12.0. The fourth-order valence-corrected chi connectivity index (χ4v) is 3.18. The molecule has 2 heterocycles. The van der Waals surface area contributed by atoms with Crippen LogP contribution in [-0.2, 0) is 4.79 Å². The lowest BCUT2D eigenvalue weighted by atomic mass is 10.0. The van der Waals surface area contributed by atoms with Crippen molar-refractivity contribution in [2.75, 3.05) is 6.54 Å². The molecule has 0 aliphatic carbocycles. The van der Waals surface area contributed by atoms with Crippen molar-refractivity contribution in [1.82, 2.24) is 15.0 Å². The van der Waals surface area contributed by atoms with Crippen molar-refractivity contribution < 1.29 is 14.1 Å². The Kier molecular flexibility index (Phi) is 5.06. The lowest BCUT2D eigenvalue weighted by molar-refractivity contribution is -0.139. The average Bonchev–Trinajstić information content (AvgIpc) is 3.22. The summed E-state index contributed by atoms with van der Waals surface area (Å²) in [6, 6.07) is 7.79. The molecule has 0 N–H and O–H groups in total. The Balaban J connectivity index is 1.70. The van der Waals surface area contributed by atoms with E-state index in [1.54, 1.807) is 18.7 Å². The van der Waals surface area contributed by atoms with Crippen LogP contribution in [0.1, 0.15) is 62.9 Å². The lowest BCUT2D eigenvalue weighted by Crippen LogP contribution is -2.40. The van der Waals surface area contributed by atoms with Crippen LogP contribution in [0.4, 0.5) is 0 Å². The van der Waals surface area contributed by atoms with Crippen LogP contribution in [0.2, 0.25) is 0 Å². The minimum absolute atomic E-state index is 0.0418. The van der Waals surface area contributed by atoms with Crippen molar-refractivity contribution in [2.45, 2.75) is 58.6 Å². The quantitative estimate of drug-likeness (QED) is 0.829. The van der Waals surface area contributed by atoms with Crippen LogP contribution in [0.3, 0.4) is 0 Å². The first-order valence-corrected chi connectivity index (χ1v) is 8.83. The molecule has 1 fully saturated rings. The fourth-order valence-electron chi connectivity index (χ4n) is 3.18. The molecule has 134 valence electrons. The number of amides is 1. The third-order valence-electron chi connectivity index (χ3n) is 4.56. The van der Waals surface area contributed by atoms with E-state index in [2.05, 4.69) is 30.1 Å². The van der Waals surface area contributed by atoms with Gasteiger partial charge in [0.05, 0.1) is 6.04 Å². The van der Waals surface area contributed by atoms with Crippen LogP contribution in [0.5, 0.6) is 5.75 Å². The van der Waals surface area contributed by atoms with E-state index >= 15 is 0 Å². The molecule has 25 heavy (non-hydrogen) atoms. The highest BCUT2D eigenvalue weighted by atomic mass is 16.5. The maximum Gasteiger partial charge on any atom is 0.263 e. The Morgan fingerprint density at radius 3 is 2.84 bits per heavy atom. The molecular weight excluding hydrogens is 318 g/mol. The van der Waals surface area contributed by atoms with E-state index in [9.17, 15) is 4.79 Å². The van der Waals surface area contributed by atoms with Gasteiger partial charge in [-0.1, -0.05) is 31.1 Å². The number of carbonyl (C=O) groups excluding carboxylic acids is 1. The molecule has 0 spiro atoms. The van der Waals surface area contributed by atoms with Gasteiger partial charge in [0.25, 0.3) is 5.91 Å². The highest BCUT2D eigenvalue weighted by molar-refractivity contribution is 5.81. The molecule has 0 radical (unpaired) electrons. The van der Waals surface area contributed by atoms with Gasteiger partial charge in [-0.3, -0.25) is 4.79 Å². The van der Waals surface area contributed by atoms with Crippen LogP contribution < -0.4 is 4.74 Å². The van der Waals surface area contributed by atoms with Gasteiger partial charge in [-0.15, -0.1) is 0 Å². The molecule has 1 aliphatic heterocycles. The minimum Gasteiger partial charge on any atom is -0.481 e. The Bertz CT molecular complexity index is 741. The largest absolute Gasteiger partial charge is 0.481 e. The maximum atomic E-state index is 12.9. The molecule has 1 aromatic heterocycles. The molecule has 3 rings (SSSR count). The summed E-state index contributed by atoms with van der Waals surface area (Å²) in [5, 5.41) is 3.98. The SMILES string of the molecule is Cc1nc([C@H]2CCCN2C(=O)[C@@H](C)Oc2cccc(C(C)C)c2)no1. The van der Waals surface area contributed by atoms with E-state index in [1.807, 2.05) is 18.2 Å². The molecule has 1 saturated heterocycles. The molecule has 6 heteroatoms. The summed E-state index contributed by atoms with van der Waals surface area (Å²) in [6.45, 7) is 8.51. The first-order valence-electron chi connectivity index (χ1n) is 8.83. The highest BCUT2D eigenvalue weighted by Gasteiger charge is 2.35. The van der Waals surface area contributed by atoms with Crippen LogP contribution in [-0.4, -0.2) is 33.6 Å². The van der Waals surface area contributed by atoms with Crippen molar-refractivity contribution >= 4 is 5.91 Å². The van der Waals surface area contributed by atoms with Gasteiger partial charge in [0, 0.05) is 13.5 Å². The van der Waals surface area contributed by atoms with Crippen molar-refractivity contribution in [3.63, 3.8) is 0 Å². The number of ether oxygens (including phenoxy) is 1. The third-order valence-corrected chi connectivity index (χ3v) is 4.56. The van der Waals surface area contributed by atoms with Crippen molar-refractivity contribution in [2.24, 2.45) is 0 Å². The van der Waals surface area contributed by atoms with Crippen LogP contribution in [0.25, 0.3) is 0 Å². The first kappa shape index (κ1) is 17.5. The Labute approximate surface area is 148 Å². The predicted molar refractivity (Wildman–Crippen MR) is 93.3 cm³/mol. The molecule has 2 atom stereocenters. The van der Waals surface area contributed by atoms with Gasteiger partial charge in [-0.25, -0.2) is 0 Å². The summed E-state index contributed by atoms with van der Waals surface area (Å²) in [4.78, 5) is 19.0. The number of nitrogens with zero attached hydrogens (tertiary/aromatic N) is 3. The number of rotatable bonds is 5. The van der Waals surface area contributed by atoms with Gasteiger partial charge in [-0.05, 0) is 43.4 Å². The van der Waals surface area contributed by atoms with Crippen molar-refractivity contribution in [3.8, 4) is 5.75 Å². The van der Waals surface area contributed by atoms with E-state index in [4.69, 9.17) is 9.26 Å². The Hall–Kier alpha value is -2.37. The van der Waals surface area contributed by atoms with Crippen LogP contribution in [0.15, 0.2) is 28.8 Å². The standard InChI is InChI=1S/C19H25N3O3/c1-12(2)15-7-5-8-16(11-15)24-13(3)19(23)22-10-6-9-17(22)18-20-14(4)25-21-18/h5,7-8,11-13,17H,6,9-10H2,1-4H3/t13-,17-/m1/s1. The summed E-state index contributed by atoms with van der Waals surface area (Å²) in [6.07, 6.45) is 1.22. The lowest BCUT2D eigenvalue weighted by Gasteiger charge is -2.26. The normalized spacial score (nSPS) is 18.6. The molecule has 0 bridgehead atoms. The molecule has 2 aromatic rings. The number of aryl methyl sites for hydroxylation is 1. The van der Waals surface area contributed by atoms with Gasteiger partial charge < -0.3 is 14.2 Å². The van der Waals surface area contributed by atoms with Gasteiger partial charge in [-0.2, -0.15) is 4.98 Å². The van der Waals surface area contributed by atoms with Crippen molar-refractivity contribution in [3.05, 3.63) is 41.5 Å². The summed E-state index contributed by atoms with van der Waals surface area (Å²) in [7, 11) is 0. The highest BCUT2D eigenvalue weighted by Crippen LogP contribution is 2.31. The molecule has 0 unspecified atom stereocenters. The summed E-state index contributed by atoms with van der Waals surface area (Å²) < 4.78 is 11.0. The molecular formula is C19H25N3O3. The Morgan fingerprint density at radius 1 is 1.36 bits per heavy atom. The second-order valence-corrected chi connectivity index (χ2v) is 6.85. The third kappa shape index (κ3) is 3.83. The number of likely N-dealkylation sites (tertiary alicyclic amines) is 1. The maximum absolute atomic E-state index is 12.9. The second kappa shape index (κ2) is 7.25. The van der Waals surface area contributed by atoms with Gasteiger partial charge >= 0.3 is 0 Å². The van der Waals surface area contributed by atoms with Gasteiger partial charge in [0.1, 0.15) is 5.75 Å². The number of hydrogen-bond acceptors (Lipinski definition) is 5. The second-order valence-electron chi connectivity index (χ2n) is 6.85. The van der Waals surface area contributed by atoms with Crippen LogP contribution >= 0.6 is 0 Å². The summed E-state index contributed by atoms with van der Waals surface area (Å²) in [5.74, 6) is 2.19. The smallest absolute Gasteiger partial charge is 0.263 e. The molecule has 6 nitrogen and oxygen atoms in total.